The molecule has 1 aromatic rings. The quantitative estimate of drug-likeness (QED) is 0.818. The van der Waals surface area contributed by atoms with Crippen LogP contribution in [0.25, 0.3) is 0 Å². The normalized spacial score (nSPS) is 16.3. The smallest absolute Gasteiger partial charge is 0.167 e. The minimum absolute atomic E-state index is 0.252. The van der Waals surface area contributed by atoms with E-state index in [-0.39, 0.29) is 11.6 Å². The van der Waals surface area contributed by atoms with Crippen LogP contribution in [0.15, 0.2) is 18.2 Å². The van der Waals surface area contributed by atoms with Crippen molar-refractivity contribution in [2.75, 3.05) is 38.3 Å². The third-order valence-electron chi connectivity index (χ3n) is 3.19. The molecule has 4 nitrogen and oxygen atoms in total. The maximum atomic E-state index is 13.8. The first kappa shape index (κ1) is 13.6. The lowest BCUT2D eigenvalue weighted by Crippen LogP contribution is -2.49. The third-order valence-corrected chi connectivity index (χ3v) is 3.19. The number of halogens is 1. The Labute approximate surface area is 112 Å². The standard InChI is InChI=1S/C14H17FN2O2/c1-3-19-13-5-4-11(6-12(13)15)17(2)8-14(7-16)9-18-10-14/h4-6H,3,8-10H2,1-2H3. The van der Waals surface area contributed by atoms with Gasteiger partial charge in [0.1, 0.15) is 5.41 Å². The van der Waals surface area contributed by atoms with E-state index < -0.39 is 5.41 Å². The van der Waals surface area contributed by atoms with Crippen LogP contribution in [0.4, 0.5) is 10.1 Å². The zero-order chi connectivity index (χ0) is 13.9. The van der Waals surface area contributed by atoms with Gasteiger partial charge >= 0.3 is 0 Å². The molecule has 0 radical (unpaired) electrons. The minimum Gasteiger partial charge on any atom is -0.491 e. The number of rotatable bonds is 5. The van der Waals surface area contributed by atoms with Crippen molar-refractivity contribution < 1.29 is 13.9 Å². The van der Waals surface area contributed by atoms with Crippen LogP contribution in [0.3, 0.4) is 0 Å². The van der Waals surface area contributed by atoms with Gasteiger partial charge in [0.2, 0.25) is 0 Å². The molecule has 0 saturated carbocycles. The molecule has 0 atom stereocenters. The van der Waals surface area contributed by atoms with E-state index in [0.717, 1.165) is 5.69 Å². The molecule has 19 heavy (non-hydrogen) atoms. The van der Waals surface area contributed by atoms with Crippen molar-refractivity contribution in [3.63, 3.8) is 0 Å². The number of benzene rings is 1. The molecule has 0 aliphatic carbocycles. The number of anilines is 1. The Morgan fingerprint density at radius 2 is 2.26 bits per heavy atom. The number of ether oxygens (including phenoxy) is 2. The van der Waals surface area contributed by atoms with E-state index in [9.17, 15) is 4.39 Å². The molecule has 0 aromatic heterocycles. The lowest BCUT2D eigenvalue weighted by Gasteiger charge is -2.38. The second kappa shape index (κ2) is 5.45. The van der Waals surface area contributed by atoms with E-state index in [2.05, 4.69) is 6.07 Å². The molecule has 1 saturated heterocycles. The molecule has 1 aliphatic heterocycles. The average Bonchev–Trinajstić information content (AvgIpc) is 2.36. The highest BCUT2D eigenvalue weighted by molar-refractivity contribution is 5.49. The summed E-state index contributed by atoms with van der Waals surface area (Å²) in [6.45, 7) is 3.64. The number of nitriles is 1. The number of hydrogen-bond donors (Lipinski definition) is 0. The molecule has 0 spiro atoms. The van der Waals surface area contributed by atoms with Gasteiger partial charge in [0, 0.05) is 25.3 Å². The molecule has 0 bridgehead atoms. The first-order valence-corrected chi connectivity index (χ1v) is 6.23. The Morgan fingerprint density at radius 3 is 2.74 bits per heavy atom. The second-order valence-electron chi connectivity index (χ2n) is 4.79. The van der Waals surface area contributed by atoms with Crippen molar-refractivity contribution in [1.29, 1.82) is 5.26 Å². The topological polar surface area (TPSA) is 45.5 Å². The Balaban J connectivity index is 2.09. The second-order valence-corrected chi connectivity index (χ2v) is 4.79. The lowest BCUT2D eigenvalue weighted by atomic mass is 9.87. The van der Waals surface area contributed by atoms with Crippen LogP contribution < -0.4 is 9.64 Å². The van der Waals surface area contributed by atoms with E-state index in [1.54, 1.807) is 12.1 Å². The Morgan fingerprint density at radius 1 is 1.53 bits per heavy atom. The van der Waals surface area contributed by atoms with Crippen LogP contribution >= 0.6 is 0 Å². The molecule has 0 unspecified atom stereocenters. The van der Waals surface area contributed by atoms with Crippen molar-refractivity contribution in [1.82, 2.24) is 0 Å². The molecule has 1 heterocycles. The van der Waals surface area contributed by atoms with Crippen molar-refractivity contribution in [2.45, 2.75) is 6.92 Å². The van der Waals surface area contributed by atoms with Gasteiger partial charge in [0.15, 0.2) is 11.6 Å². The van der Waals surface area contributed by atoms with Crippen LogP contribution in [-0.2, 0) is 4.74 Å². The predicted molar refractivity (Wildman–Crippen MR) is 69.7 cm³/mol. The molecule has 1 aliphatic rings. The van der Waals surface area contributed by atoms with Gasteiger partial charge in [0.05, 0.1) is 25.9 Å². The van der Waals surface area contributed by atoms with Crippen LogP contribution in [0.5, 0.6) is 5.75 Å². The van der Waals surface area contributed by atoms with E-state index in [1.165, 1.54) is 6.07 Å². The van der Waals surface area contributed by atoms with Crippen molar-refractivity contribution in [3.05, 3.63) is 24.0 Å². The first-order chi connectivity index (χ1) is 9.10. The summed E-state index contributed by atoms with van der Waals surface area (Å²) in [6.07, 6.45) is 0. The monoisotopic (exact) mass is 264 g/mol. The first-order valence-electron chi connectivity index (χ1n) is 6.23. The van der Waals surface area contributed by atoms with Crippen molar-refractivity contribution >= 4 is 5.69 Å². The summed E-state index contributed by atoms with van der Waals surface area (Å²) >= 11 is 0. The van der Waals surface area contributed by atoms with Crippen LogP contribution in [-0.4, -0.2) is 33.4 Å². The van der Waals surface area contributed by atoms with Gasteiger partial charge in [-0.1, -0.05) is 0 Å². The molecule has 2 rings (SSSR count). The number of hydrogen-bond acceptors (Lipinski definition) is 4. The molecular formula is C14H17FN2O2. The molecule has 1 fully saturated rings. The minimum atomic E-state index is -0.468. The zero-order valence-electron chi connectivity index (χ0n) is 11.1. The summed E-state index contributed by atoms with van der Waals surface area (Å²) in [5.74, 6) is -0.135. The maximum Gasteiger partial charge on any atom is 0.167 e. The Kier molecular flexibility index (Phi) is 3.91. The predicted octanol–water partition coefficient (Wildman–Crippen LogP) is 2.20. The summed E-state index contributed by atoms with van der Waals surface area (Å²) in [4.78, 5) is 1.87. The van der Waals surface area contributed by atoms with Crippen LogP contribution in [0.2, 0.25) is 0 Å². The fraction of sp³-hybridized carbons (Fsp3) is 0.500. The summed E-state index contributed by atoms with van der Waals surface area (Å²) in [6, 6.07) is 7.11. The Bertz CT molecular complexity index is 495. The molecule has 1 aromatic carbocycles. The van der Waals surface area contributed by atoms with Crippen molar-refractivity contribution in [3.8, 4) is 11.8 Å². The van der Waals surface area contributed by atoms with E-state index in [0.29, 0.717) is 26.4 Å². The molecular weight excluding hydrogens is 247 g/mol. The average molecular weight is 264 g/mol. The van der Waals surface area contributed by atoms with Crippen molar-refractivity contribution in [2.24, 2.45) is 5.41 Å². The van der Waals surface area contributed by atoms with Gasteiger partial charge in [-0.2, -0.15) is 5.26 Å². The number of nitrogens with zero attached hydrogens (tertiary/aromatic N) is 2. The summed E-state index contributed by atoms with van der Waals surface area (Å²) < 4.78 is 24.0. The largest absolute Gasteiger partial charge is 0.491 e. The highest BCUT2D eigenvalue weighted by Gasteiger charge is 2.40. The molecule has 0 N–H and O–H groups in total. The van der Waals surface area contributed by atoms with E-state index in [4.69, 9.17) is 14.7 Å². The SMILES string of the molecule is CCOc1ccc(N(C)CC2(C#N)COC2)cc1F. The summed E-state index contributed by atoms with van der Waals surface area (Å²) in [5.41, 5.74) is 0.256. The molecule has 0 amide bonds. The lowest BCUT2D eigenvalue weighted by molar-refractivity contribution is -0.0716. The highest BCUT2D eigenvalue weighted by Crippen LogP contribution is 2.30. The fourth-order valence-electron chi connectivity index (χ4n) is 2.08. The van der Waals surface area contributed by atoms with Crippen LogP contribution in [0, 0.1) is 22.6 Å². The van der Waals surface area contributed by atoms with Gasteiger partial charge in [-0.25, -0.2) is 4.39 Å². The highest BCUT2D eigenvalue weighted by atomic mass is 19.1. The van der Waals surface area contributed by atoms with Gasteiger partial charge in [-0.15, -0.1) is 0 Å². The molecule has 5 heteroatoms. The third kappa shape index (κ3) is 2.79. The Hall–Kier alpha value is -1.80. The summed E-state index contributed by atoms with van der Waals surface area (Å²) in [5, 5.41) is 9.15. The van der Waals surface area contributed by atoms with E-state index >= 15 is 0 Å². The zero-order valence-corrected chi connectivity index (χ0v) is 11.1. The molecule has 102 valence electrons. The van der Waals surface area contributed by atoms with Gasteiger partial charge in [-0.3, -0.25) is 0 Å². The van der Waals surface area contributed by atoms with E-state index in [1.807, 2.05) is 18.9 Å². The van der Waals surface area contributed by atoms with Gasteiger partial charge in [-0.05, 0) is 19.1 Å². The fourth-order valence-corrected chi connectivity index (χ4v) is 2.08. The maximum absolute atomic E-state index is 13.8. The summed E-state index contributed by atoms with van der Waals surface area (Å²) in [7, 11) is 1.84. The van der Waals surface area contributed by atoms with Crippen LogP contribution in [0.1, 0.15) is 6.92 Å². The van der Waals surface area contributed by atoms with Gasteiger partial charge in [0.25, 0.3) is 0 Å². The van der Waals surface area contributed by atoms with Gasteiger partial charge < -0.3 is 14.4 Å².